The summed E-state index contributed by atoms with van der Waals surface area (Å²) >= 11 is 5.71. The number of halogens is 4. The average Bonchev–Trinajstić information content (AvgIpc) is 2.50. The number of nitrogens with zero attached hydrogens (tertiary/aromatic N) is 3. The van der Waals surface area contributed by atoms with Crippen LogP contribution in [0, 0.1) is 5.41 Å². The quantitative estimate of drug-likeness (QED) is 0.728. The van der Waals surface area contributed by atoms with E-state index in [1.165, 1.54) is 12.4 Å². The van der Waals surface area contributed by atoms with E-state index in [0.717, 1.165) is 4.90 Å². The molecule has 0 aliphatic rings. The maximum atomic E-state index is 12.1. The Bertz CT molecular complexity index is 580. The summed E-state index contributed by atoms with van der Waals surface area (Å²) in [4.78, 5) is 21.1. The summed E-state index contributed by atoms with van der Waals surface area (Å²) in [6, 6.07) is 1.59. The first-order valence-corrected chi connectivity index (χ1v) is 7.41. The monoisotopic (exact) mass is 363 g/mol. The Morgan fingerprint density at radius 3 is 2.79 bits per heavy atom. The maximum absolute atomic E-state index is 12.1. The van der Waals surface area contributed by atoms with Crippen molar-refractivity contribution in [1.82, 2.24) is 15.2 Å². The average molecular weight is 364 g/mol. The second kappa shape index (κ2) is 9.21. The van der Waals surface area contributed by atoms with Gasteiger partial charge in [0.15, 0.2) is 0 Å². The first-order valence-electron chi connectivity index (χ1n) is 7.04. The summed E-state index contributed by atoms with van der Waals surface area (Å²) in [6.45, 7) is 1.20. The fourth-order valence-electron chi connectivity index (χ4n) is 1.75. The van der Waals surface area contributed by atoms with E-state index in [-0.39, 0.29) is 11.7 Å². The van der Waals surface area contributed by atoms with Gasteiger partial charge in [0.1, 0.15) is 11.2 Å². The van der Waals surface area contributed by atoms with Crippen LogP contribution in [0.5, 0.6) is 0 Å². The zero-order chi connectivity index (χ0) is 18.2. The van der Waals surface area contributed by atoms with Crippen LogP contribution < -0.4 is 5.32 Å². The van der Waals surface area contributed by atoms with Crippen LogP contribution in [0.1, 0.15) is 13.3 Å². The highest BCUT2D eigenvalue weighted by Crippen LogP contribution is 2.18. The lowest BCUT2D eigenvalue weighted by Crippen LogP contribution is -2.49. The molecule has 0 saturated heterocycles. The molecule has 10 heteroatoms. The molecule has 1 aromatic heterocycles. The Morgan fingerprint density at radius 2 is 2.29 bits per heavy atom. The zero-order valence-corrected chi connectivity index (χ0v) is 13.6. The number of pyridine rings is 1. The molecule has 0 aliphatic carbocycles. The molecule has 1 rings (SSSR count). The smallest absolute Gasteiger partial charge is 0.338 e. The highest BCUT2D eigenvalue weighted by atomic mass is 35.5. The van der Waals surface area contributed by atoms with Crippen molar-refractivity contribution in [3.8, 4) is 0 Å². The number of amides is 2. The van der Waals surface area contributed by atoms with Gasteiger partial charge < -0.3 is 10.2 Å². The second-order valence-electron chi connectivity index (χ2n) is 4.67. The molecule has 132 valence electrons. The van der Waals surface area contributed by atoms with Crippen LogP contribution >= 0.6 is 11.6 Å². The molecule has 0 bridgehead atoms. The summed E-state index contributed by atoms with van der Waals surface area (Å²) in [5.41, 5.74) is 0.494. The highest BCUT2D eigenvalue weighted by Gasteiger charge is 2.28. The number of rotatable bonds is 7. The molecule has 24 heavy (non-hydrogen) atoms. The van der Waals surface area contributed by atoms with Crippen molar-refractivity contribution < 1.29 is 18.0 Å². The van der Waals surface area contributed by atoms with Crippen LogP contribution in [0.2, 0.25) is 0 Å². The molecule has 0 radical (unpaired) electrons. The van der Waals surface area contributed by atoms with Gasteiger partial charge in [-0.1, -0.05) is 11.6 Å². The van der Waals surface area contributed by atoms with Crippen LogP contribution in [0.3, 0.4) is 0 Å². The summed E-state index contributed by atoms with van der Waals surface area (Å²) in [6.07, 6.45) is -1.18. The number of urea groups is 1. The van der Waals surface area contributed by atoms with Gasteiger partial charge in [-0.15, -0.1) is 0 Å². The molecule has 0 aliphatic heterocycles. The predicted octanol–water partition coefficient (Wildman–Crippen LogP) is 3.35. The Kier molecular flexibility index (Phi) is 7.63. The van der Waals surface area contributed by atoms with E-state index in [4.69, 9.17) is 17.0 Å². The molecule has 1 aromatic rings. The molecule has 1 heterocycles. The number of aliphatic imine (C=N–C) groups is 1. The third kappa shape index (κ3) is 6.95. The molecule has 2 amide bonds. The standard InChI is InChI=1S/C14H17ClF3N5O/c1-2-23(13(24)21-7-5-14(16,17)18)11(12(15)19)9-22-10-4-3-6-20-8-10/h3-4,6,8-9,11,19H,2,5,7H2,1H3,(H,21,24). The Labute approximate surface area is 142 Å². The number of nitrogens with one attached hydrogen (secondary N) is 2. The van der Waals surface area contributed by atoms with Crippen molar-refractivity contribution in [2.75, 3.05) is 13.1 Å². The Hall–Kier alpha value is -2.16. The summed E-state index contributed by atoms with van der Waals surface area (Å²) < 4.78 is 36.4. The molecule has 6 nitrogen and oxygen atoms in total. The fourth-order valence-corrected chi connectivity index (χ4v) is 1.92. The van der Waals surface area contributed by atoms with Gasteiger partial charge in [0.25, 0.3) is 0 Å². The number of carbonyl (C=O) groups excluding carboxylic acids is 1. The largest absolute Gasteiger partial charge is 0.390 e. The lowest BCUT2D eigenvalue weighted by Gasteiger charge is -2.27. The number of alkyl halides is 3. The number of carbonyl (C=O) groups is 1. The minimum absolute atomic E-state index is 0.136. The Balaban J connectivity index is 2.78. The molecular formula is C14H17ClF3N5O. The van der Waals surface area contributed by atoms with Gasteiger partial charge >= 0.3 is 12.2 Å². The van der Waals surface area contributed by atoms with Crippen LogP contribution in [-0.2, 0) is 0 Å². The summed E-state index contributed by atoms with van der Waals surface area (Å²) in [5.74, 6) is 0. The van der Waals surface area contributed by atoms with Crippen LogP contribution in [0.4, 0.5) is 23.7 Å². The maximum Gasteiger partial charge on any atom is 0.390 e. The zero-order valence-electron chi connectivity index (χ0n) is 12.8. The number of hydrogen-bond donors (Lipinski definition) is 2. The van der Waals surface area contributed by atoms with E-state index in [0.29, 0.717) is 5.69 Å². The highest BCUT2D eigenvalue weighted by molar-refractivity contribution is 6.67. The van der Waals surface area contributed by atoms with E-state index in [9.17, 15) is 18.0 Å². The molecule has 1 unspecified atom stereocenters. The number of aromatic nitrogens is 1. The van der Waals surface area contributed by atoms with Crippen molar-refractivity contribution in [2.24, 2.45) is 4.99 Å². The van der Waals surface area contributed by atoms with Gasteiger partial charge in [-0.2, -0.15) is 13.2 Å². The van der Waals surface area contributed by atoms with Crippen molar-refractivity contribution in [2.45, 2.75) is 25.6 Å². The van der Waals surface area contributed by atoms with Crippen LogP contribution in [0.15, 0.2) is 29.5 Å². The minimum atomic E-state index is -4.36. The van der Waals surface area contributed by atoms with Crippen molar-refractivity contribution in [1.29, 1.82) is 5.41 Å². The number of hydrogen-bond acceptors (Lipinski definition) is 4. The Morgan fingerprint density at radius 1 is 1.58 bits per heavy atom. The molecule has 0 saturated carbocycles. The van der Waals surface area contributed by atoms with Crippen molar-refractivity contribution in [3.63, 3.8) is 0 Å². The normalized spacial score (nSPS) is 12.9. The van der Waals surface area contributed by atoms with E-state index in [1.54, 1.807) is 25.3 Å². The van der Waals surface area contributed by atoms with Crippen molar-refractivity contribution >= 4 is 34.7 Å². The van der Waals surface area contributed by atoms with E-state index in [2.05, 4.69) is 15.3 Å². The third-order valence-corrected chi connectivity index (χ3v) is 3.12. The molecular weight excluding hydrogens is 347 g/mol. The topological polar surface area (TPSA) is 81.4 Å². The van der Waals surface area contributed by atoms with Crippen LogP contribution in [0.25, 0.3) is 0 Å². The fraction of sp³-hybridized carbons (Fsp3) is 0.429. The van der Waals surface area contributed by atoms with Gasteiger partial charge in [-0.05, 0) is 19.1 Å². The first kappa shape index (κ1) is 19.9. The third-order valence-electron chi connectivity index (χ3n) is 2.89. The van der Waals surface area contributed by atoms with Gasteiger partial charge in [0.05, 0.1) is 18.3 Å². The van der Waals surface area contributed by atoms with Gasteiger partial charge in [-0.25, -0.2) is 4.79 Å². The van der Waals surface area contributed by atoms with Gasteiger partial charge in [0.2, 0.25) is 0 Å². The molecule has 2 N–H and O–H groups in total. The van der Waals surface area contributed by atoms with Crippen molar-refractivity contribution in [3.05, 3.63) is 24.5 Å². The lowest BCUT2D eigenvalue weighted by molar-refractivity contribution is -0.133. The predicted molar refractivity (Wildman–Crippen MR) is 86.2 cm³/mol. The first-order chi connectivity index (χ1) is 11.2. The molecule has 0 aromatic carbocycles. The molecule has 1 atom stereocenters. The van der Waals surface area contributed by atoms with Gasteiger partial charge in [-0.3, -0.25) is 15.4 Å². The van der Waals surface area contributed by atoms with E-state index in [1.807, 2.05) is 0 Å². The van der Waals surface area contributed by atoms with E-state index >= 15 is 0 Å². The van der Waals surface area contributed by atoms with Crippen LogP contribution in [-0.4, -0.2) is 52.6 Å². The lowest BCUT2D eigenvalue weighted by atomic mass is 10.3. The second-order valence-corrected chi connectivity index (χ2v) is 5.07. The van der Waals surface area contributed by atoms with Gasteiger partial charge in [0, 0.05) is 25.5 Å². The molecule has 0 fully saturated rings. The SMILES string of the molecule is CCN(C(=O)NCCC(F)(F)F)C(C=Nc1cccnc1)C(=N)Cl. The summed E-state index contributed by atoms with van der Waals surface area (Å²) in [5, 5.41) is 9.36. The van der Waals surface area contributed by atoms with E-state index < -0.39 is 31.2 Å². The molecule has 0 spiro atoms. The minimum Gasteiger partial charge on any atom is -0.338 e. The summed E-state index contributed by atoms with van der Waals surface area (Å²) in [7, 11) is 0.